The van der Waals surface area contributed by atoms with E-state index in [0.29, 0.717) is 13.1 Å². The molecule has 26 heavy (non-hydrogen) atoms. The second kappa shape index (κ2) is 8.43. The second-order valence-corrected chi connectivity index (χ2v) is 7.13. The molecule has 0 spiro atoms. The number of hydrogen-bond acceptors (Lipinski definition) is 4. The smallest absolute Gasteiger partial charge is 0.410 e. The summed E-state index contributed by atoms with van der Waals surface area (Å²) in [6.45, 7) is 5.93. The van der Waals surface area contributed by atoms with Crippen molar-refractivity contribution in [2.24, 2.45) is 0 Å². The highest BCUT2D eigenvalue weighted by molar-refractivity contribution is 5.86. The van der Waals surface area contributed by atoms with Crippen LogP contribution in [0.4, 0.5) is 10.5 Å². The predicted molar refractivity (Wildman–Crippen MR) is 101 cm³/mol. The Labute approximate surface area is 155 Å². The fraction of sp³-hybridized carbons (Fsp3) is 0.600. The molecule has 1 aromatic carbocycles. The quantitative estimate of drug-likeness (QED) is 0.815. The number of aryl methyl sites for hydroxylation is 1. The fourth-order valence-corrected chi connectivity index (χ4v) is 4.03. The minimum atomic E-state index is -0.389. The molecule has 0 saturated carbocycles. The molecular weight excluding hydrogens is 330 g/mol. The summed E-state index contributed by atoms with van der Waals surface area (Å²) in [4.78, 5) is 31.0. The first-order valence-corrected chi connectivity index (χ1v) is 9.56. The normalized spacial score (nSPS) is 21.3. The van der Waals surface area contributed by atoms with Crippen molar-refractivity contribution in [1.82, 2.24) is 9.80 Å². The zero-order valence-electron chi connectivity index (χ0n) is 15.8. The van der Waals surface area contributed by atoms with Gasteiger partial charge in [-0.05, 0) is 44.2 Å². The Hall–Kier alpha value is -2.24. The van der Waals surface area contributed by atoms with Crippen LogP contribution in [0, 0.1) is 6.92 Å². The Morgan fingerprint density at radius 1 is 1.00 bits per heavy atom. The molecule has 6 heteroatoms. The number of piperidine rings is 1. The number of anilines is 1. The van der Waals surface area contributed by atoms with E-state index >= 15 is 0 Å². The van der Waals surface area contributed by atoms with Crippen LogP contribution in [0.3, 0.4) is 0 Å². The fourth-order valence-electron chi connectivity index (χ4n) is 4.03. The zero-order chi connectivity index (χ0) is 18.5. The van der Waals surface area contributed by atoms with Gasteiger partial charge in [0.1, 0.15) is 6.04 Å². The number of methoxy groups -OCH3 is 1. The molecule has 0 aliphatic carbocycles. The summed E-state index contributed by atoms with van der Waals surface area (Å²) < 4.78 is 4.88. The summed E-state index contributed by atoms with van der Waals surface area (Å²) in [6.07, 6.45) is 3.18. The maximum atomic E-state index is 13.1. The third-order valence-electron chi connectivity index (χ3n) is 5.46. The number of benzene rings is 1. The Morgan fingerprint density at radius 2 is 1.81 bits per heavy atom. The molecule has 142 valence electrons. The van der Waals surface area contributed by atoms with Crippen LogP contribution in [0.2, 0.25) is 0 Å². The van der Waals surface area contributed by atoms with Crippen molar-refractivity contribution in [3.63, 3.8) is 0 Å². The van der Waals surface area contributed by atoms with E-state index in [1.54, 1.807) is 4.90 Å². The summed E-state index contributed by atoms with van der Waals surface area (Å²) in [5.74, 6) is 0.0710. The lowest BCUT2D eigenvalue weighted by Gasteiger charge is -2.36. The number of rotatable bonds is 2. The molecule has 2 aliphatic rings. The third kappa shape index (κ3) is 3.94. The van der Waals surface area contributed by atoms with Crippen LogP contribution in [0.1, 0.15) is 31.2 Å². The molecule has 1 atom stereocenters. The number of likely N-dealkylation sites (tertiary alicyclic amines) is 1. The zero-order valence-corrected chi connectivity index (χ0v) is 15.8. The van der Waals surface area contributed by atoms with Crippen LogP contribution in [0.15, 0.2) is 24.3 Å². The molecular formula is C20H29N3O3. The van der Waals surface area contributed by atoms with Gasteiger partial charge in [0.05, 0.1) is 7.11 Å². The number of hydrogen-bond donors (Lipinski definition) is 0. The van der Waals surface area contributed by atoms with Crippen molar-refractivity contribution in [3.05, 3.63) is 29.8 Å². The lowest BCUT2D eigenvalue weighted by molar-refractivity contribution is -0.137. The number of nitrogens with zero attached hydrogens (tertiary/aromatic N) is 3. The van der Waals surface area contributed by atoms with Crippen molar-refractivity contribution in [2.75, 3.05) is 44.7 Å². The van der Waals surface area contributed by atoms with Crippen molar-refractivity contribution in [3.8, 4) is 0 Å². The van der Waals surface area contributed by atoms with E-state index in [1.165, 1.54) is 18.4 Å². The molecule has 2 aliphatic heterocycles. The van der Waals surface area contributed by atoms with Crippen LogP contribution >= 0.6 is 0 Å². The van der Waals surface area contributed by atoms with Gasteiger partial charge in [0.25, 0.3) is 0 Å². The number of carbonyl (C=O) groups is 2. The molecule has 2 saturated heterocycles. The first kappa shape index (κ1) is 18.5. The first-order chi connectivity index (χ1) is 12.6. The molecule has 0 N–H and O–H groups in total. The maximum absolute atomic E-state index is 13.1. The van der Waals surface area contributed by atoms with Gasteiger partial charge in [0.15, 0.2) is 0 Å². The van der Waals surface area contributed by atoms with Gasteiger partial charge in [0.2, 0.25) is 5.91 Å². The summed E-state index contributed by atoms with van der Waals surface area (Å²) in [7, 11) is 1.38. The SMILES string of the molecule is COC(=O)N1CCCCC1C(=O)N1CCCN(c2ccccc2C)CC1. The minimum Gasteiger partial charge on any atom is -0.453 e. The maximum Gasteiger partial charge on any atom is 0.410 e. The summed E-state index contributed by atoms with van der Waals surface area (Å²) in [5, 5.41) is 0. The standard InChI is InChI=1S/C20H29N3O3/c1-16-8-3-4-9-17(16)21-11-7-12-22(15-14-21)19(24)18-10-5-6-13-23(18)20(25)26-2/h3-4,8-9,18H,5-7,10-15H2,1-2H3. The van der Waals surface area contributed by atoms with Crippen molar-refractivity contribution in [1.29, 1.82) is 0 Å². The Kier molecular flexibility index (Phi) is 6.01. The van der Waals surface area contributed by atoms with Gasteiger partial charge >= 0.3 is 6.09 Å². The highest BCUT2D eigenvalue weighted by Gasteiger charge is 2.35. The first-order valence-electron chi connectivity index (χ1n) is 9.56. The summed E-state index contributed by atoms with van der Waals surface area (Å²) >= 11 is 0. The van der Waals surface area contributed by atoms with E-state index in [0.717, 1.165) is 45.3 Å². The number of ether oxygens (including phenoxy) is 1. The average molecular weight is 359 g/mol. The summed E-state index contributed by atoms with van der Waals surface area (Å²) in [6, 6.07) is 8.01. The van der Waals surface area contributed by atoms with E-state index in [4.69, 9.17) is 4.74 Å². The van der Waals surface area contributed by atoms with Crippen LogP contribution in [-0.4, -0.2) is 67.7 Å². The van der Waals surface area contributed by atoms with Crippen LogP contribution in [0.5, 0.6) is 0 Å². The van der Waals surface area contributed by atoms with Crippen molar-refractivity contribution < 1.29 is 14.3 Å². The molecule has 2 fully saturated rings. The molecule has 0 aromatic heterocycles. The lowest BCUT2D eigenvalue weighted by atomic mass is 10.0. The monoisotopic (exact) mass is 359 g/mol. The molecule has 0 bridgehead atoms. The van der Waals surface area contributed by atoms with Crippen LogP contribution < -0.4 is 4.90 Å². The highest BCUT2D eigenvalue weighted by Crippen LogP contribution is 2.23. The molecule has 1 unspecified atom stereocenters. The lowest BCUT2D eigenvalue weighted by Crippen LogP contribution is -2.53. The highest BCUT2D eigenvalue weighted by atomic mass is 16.5. The van der Waals surface area contributed by atoms with Crippen molar-refractivity contribution in [2.45, 2.75) is 38.6 Å². The third-order valence-corrected chi connectivity index (χ3v) is 5.46. The van der Waals surface area contributed by atoms with E-state index in [2.05, 4.69) is 36.1 Å². The van der Waals surface area contributed by atoms with Gasteiger partial charge in [-0.1, -0.05) is 18.2 Å². The Balaban J connectivity index is 1.67. The van der Waals surface area contributed by atoms with Crippen LogP contribution in [0.25, 0.3) is 0 Å². The van der Waals surface area contributed by atoms with Gasteiger partial charge in [-0.15, -0.1) is 0 Å². The van der Waals surface area contributed by atoms with E-state index in [9.17, 15) is 9.59 Å². The minimum absolute atomic E-state index is 0.0710. The van der Waals surface area contributed by atoms with Gasteiger partial charge in [-0.2, -0.15) is 0 Å². The van der Waals surface area contributed by atoms with Gasteiger partial charge in [-0.3, -0.25) is 9.69 Å². The Morgan fingerprint density at radius 3 is 2.58 bits per heavy atom. The number of amides is 2. The molecule has 6 nitrogen and oxygen atoms in total. The molecule has 2 amide bonds. The molecule has 3 rings (SSSR count). The second-order valence-electron chi connectivity index (χ2n) is 7.13. The van der Waals surface area contributed by atoms with Gasteiger partial charge < -0.3 is 14.5 Å². The van der Waals surface area contributed by atoms with Gasteiger partial charge in [-0.25, -0.2) is 4.79 Å². The largest absolute Gasteiger partial charge is 0.453 e. The molecule has 0 radical (unpaired) electrons. The average Bonchev–Trinajstić information content (AvgIpc) is 2.93. The Bertz CT molecular complexity index is 649. The van der Waals surface area contributed by atoms with E-state index in [-0.39, 0.29) is 18.0 Å². The topological polar surface area (TPSA) is 53.1 Å². The predicted octanol–water partition coefficient (Wildman–Crippen LogP) is 2.65. The number of para-hydroxylation sites is 1. The van der Waals surface area contributed by atoms with Crippen LogP contribution in [-0.2, 0) is 9.53 Å². The number of carbonyl (C=O) groups excluding carboxylic acids is 2. The van der Waals surface area contributed by atoms with E-state index in [1.807, 2.05) is 4.90 Å². The van der Waals surface area contributed by atoms with Gasteiger partial charge in [0, 0.05) is 38.4 Å². The van der Waals surface area contributed by atoms with Crippen molar-refractivity contribution >= 4 is 17.7 Å². The van der Waals surface area contributed by atoms with E-state index < -0.39 is 0 Å². The molecule has 2 heterocycles. The summed E-state index contributed by atoms with van der Waals surface area (Å²) in [5.41, 5.74) is 2.51. The molecule has 1 aromatic rings.